The zero-order valence-corrected chi connectivity index (χ0v) is 16.0. The maximum absolute atomic E-state index is 12.8. The Morgan fingerprint density at radius 1 is 1.07 bits per heavy atom. The van der Waals surface area contributed by atoms with Gasteiger partial charge in [0.05, 0.1) is 36.9 Å². The second-order valence-electron chi connectivity index (χ2n) is 6.92. The Balaban J connectivity index is 1.61. The summed E-state index contributed by atoms with van der Waals surface area (Å²) in [7, 11) is 0. The molecular formula is C20H21N5O3. The first kappa shape index (κ1) is 17.8. The highest BCUT2D eigenvalue weighted by Crippen LogP contribution is 2.17. The molecule has 4 aromatic rings. The Bertz CT molecular complexity index is 1160. The van der Waals surface area contributed by atoms with Crippen LogP contribution in [-0.2, 0) is 13.1 Å². The fourth-order valence-corrected chi connectivity index (χ4v) is 3.17. The molecule has 4 rings (SSSR count). The van der Waals surface area contributed by atoms with Gasteiger partial charge in [-0.3, -0.25) is 9.25 Å². The Hall–Kier alpha value is -3.55. The van der Waals surface area contributed by atoms with E-state index in [0.29, 0.717) is 18.8 Å². The zero-order valence-electron chi connectivity index (χ0n) is 16.0. The third kappa shape index (κ3) is 3.24. The van der Waals surface area contributed by atoms with E-state index in [4.69, 9.17) is 4.52 Å². The Labute approximate surface area is 161 Å². The Morgan fingerprint density at radius 2 is 1.82 bits per heavy atom. The van der Waals surface area contributed by atoms with Crippen LogP contribution >= 0.6 is 0 Å². The van der Waals surface area contributed by atoms with Crippen LogP contribution in [0, 0.1) is 20.8 Å². The van der Waals surface area contributed by atoms with Gasteiger partial charge in [0, 0.05) is 11.8 Å². The van der Waals surface area contributed by atoms with Gasteiger partial charge in [0.15, 0.2) is 0 Å². The van der Waals surface area contributed by atoms with Gasteiger partial charge in [-0.2, -0.15) is 5.10 Å². The summed E-state index contributed by atoms with van der Waals surface area (Å²) >= 11 is 0. The van der Waals surface area contributed by atoms with Gasteiger partial charge >= 0.3 is 5.69 Å². The highest BCUT2D eigenvalue weighted by atomic mass is 16.5. The third-order valence-electron chi connectivity index (χ3n) is 4.79. The first-order chi connectivity index (χ1) is 13.4. The van der Waals surface area contributed by atoms with Crippen molar-refractivity contribution in [3.63, 3.8) is 0 Å². The lowest BCUT2D eigenvalue weighted by Crippen LogP contribution is -2.23. The summed E-state index contributed by atoms with van der Waals surface area (Å²) in [5.74, 6) is 0.604. The van der Waals surface area contributed by atoms with E-state index in [1.165, 1.54) is 15.3 Å². The molecule has 28 heavy (non-hydrogen) atoms. The Morgan fingerprint density at radius 3 is 2.50 bits per heavy atom. The zero-order chi connectivity index (χ0) is 19.8. The Kier molecular flexibility index (Phi) is 4.38. The number of aromatic nitrogens is 5. The number of rotatable bonds is 5. The molecule has 0 atom stereocenters. The van der Waals surface area contributed by atoms with Crippen LogP contribution in [0.4, 0.5) is 0 Å². The first-order valence-electron chi connectivity index (χ1n) is 8.93. The quantitative estimate of drug-likeness (QED) is 0.575. The third-order valence-corrected chi connectivity index (χ3v) is 4.79. The van der Waals surface area contributed by atoms with Crippen LogP contribution in [0.3, 0.4) is 0 Å². The van der Waals surface area contributed by atoms with Crippen molar-refractivity contribution < 1.29 is 9.63 Å². The van der Waals surface area contributed by atoms with E-state index >= 15 is 0 Å². The van der Waals surface area contributed by atoms with Crippen LogP contribution in [-0.4, -0.2) is 29.2 Å². The highest BCUT2D eigenvalue weighted by molar-refractivity contribution is 5.32. The molecule has 8 nitrogen and oxygen atoms in total. The van der Waals surface area contributed by atoms with E-state index in [2.05, 4.69) is 10.3 Å². The molecule has 3 aromatic heterocycles. The molecule has 0 unspecified atom stereocenters. The van der Waals surface area contributed by atoms with Crippen LogP contribution in [0.15, 0.2) is 52.2 Å². The number of imidazole rings is 1. The minimum atomic E-state index is -0.324. The topological polar surface area (TPSA) is 91.0 Å². The van der Waals surface area contributed by atoms with Crippen molar-refractivity contribution in [2.75, 3.05) is 0 Å². The fraction of sp³-hybridized carbons (Fsp3) is 0.250. The lowest BCUT2D eigenvalue weighted by atomic mass is 10.1. The first-order valence-corrected chi connectivity index (χ1v) is 8.93. The second kappa shape index (κ2) is 6.88. The average molecular weight is 379 g/mol. The summed E-state index contributed by atoms with van der Waals surface area (Å²) in [6, 6.07) is 7.93. The van der Waals surface area contributed by atoms with Gasteiger partial charge < -0.3 is 9.63 Å². The molecule has 0 aliphatic rings. The van der Waals surface area contributed by atoms with Crippen LogP contribution < -0.4 is 5.69 Å². The minimum Gasteiger partial charge on any atom is -0.493 e. The molecule has 1 aromatic carbocycles. The maximum Gasteiger partial charge on any atom is 0.336 e. The summed E-state index contributed by atoms with van der Waals surface area (Å²) in [6.07, 6.45) is 4.70. The molecule has 0 aliphatic heterocycles. The normalized spacial score (nSPS) is 11.2. The number of aromatic hydroxyl groups is 1. The van der Waals surface area contributed by atoms with Crippen LogP contribution in [0.25, 0.3) is 5.69 Å². The molecule has 0 aliphatic carbocycles. The van der Waals surface area contributed by atoms with Crippen molar-refractivity contribution in [2.24, 2.45) is 0 Å². The van der Waals surface area contributed by atoms with Crippen molar-refractivity contribution in [3.8, 4) is 11.6 Å². The van der Waals surface area contributed by atoms with E-state index in [0.717, 1.165) is 28.1 Å². The lowest BCUT2D eigenvalue weighted by Gasteiger charge is -2.02. The molecule has 0 spiro atoms. The van der Waals surface area contributed by atoms with E-state index in [1.54, 1.807) is 17.1 Å². The van der Waals surface area contributed by atoms with Crippen molar-refractivity contribution in [3.05, 3.63) is 81.5 Å². The SMILES string of the molecule is Cc1ccc(Cn2cc(O)n(-c3cnn(Cc4c(C)noc4C)c3)c2=O)cc1. The van der Waals surface area contributed by atoms with Gasteiger partial charge in [-0.15, -0.1) is 0 Å². The van der Waals surface area contributed by atoms with E-state index in [-0.39, 0.29) is 11.6 Å². The molecule has 0 saturated carbocycles. The molecular weight excluding hydrogens is 358 g/mol. The maximum atomic E-state index is 12.8. The number of hydrogen-bond acceptors (Lipinski definition) is 5. The summed E-state index contributed by atoms with van der Waals surface area (Å²) in [5, 5.41) is 18.6. The number of hydrogen-bond donors (Lipinski definition) is 1. The molecule has 1 N–H and O–H groups in total. The number of aryl methyl sites for hydroxylation is 3. The van der Waals surface area contributed by atoms with Crippen LogP contribution in [0.1, 0.15) is 28.1 Å². The summed E-state index contributed by atoms with van der Waals surface area (Å²) in [4.78, 5) is 12.8. The predicted molar refractivity (Wildman–Crippen MR) is 103 cm³/mol. The van der Waals surface area contributed by atoms with E-state index in [1.807, 2.05) is 45.0 Å². The van der Waals surface area contributed by atoms with Crippen molar-refractivity contribution in [1.29, 1.82) is 0 Å². The van der Waals surface area contributed by atoms with E-state index in [9.17, 15) is 9.90 Å². The molecule has 0 radical (unpaired) electrons. The van der Waals surface area contributed by atoms with Crippen molar-refractivity contribution >= 4 is 0 Å². The van der Waals surface area contributed by atoms with Gasteiger partial charge in [-0.05, 0) is 26.3 Å². The standard InChI is InChI=1S/C20H21N5O3/c1-13-4-6-16(7-5-13)9-23-12-19(26)25(20(23)27)17-8-21-24(10-17)11-18-14(2)22-28-15(18)3/h4-8,10,12,26H,9,11H2,1-3H3. The van der Waals surface area contributed by atoms with Gasteiger partial charge in [-0.1, -0.05) is 35.0 Å². The molecule has 0 fully saturated rings. The minimum absolute atomic E-state index is 0.131. The highest BCUT2D eigenvalue weighted by Gasteiger charge is 2.15. The molecule has 0 saturated heterocycles. The number of nitrogens with zero attached hydrogens (tertiary/aromatic N) is 5. The predicted octanol–water partition coefficient (Wildman–Crippen LogP) is 2.55. The molecule has 0 bridgehead atoms. The van der Waals surface area contributed by atoms with Crippen LogP contribution in [0.5, 0.6) is 5.88 Å². The van der Waals surface area contributed by atoms with Crippen molar-refractivity contribution in [1.82, 2.24) is 24.1 Å². The van der Waals surface area contributed by atoms with E-state index < -0.39 is 0 Å². The average Bonchev–Trinajstić information content (AvgIpc) is 3.32. The number of benzene rings is 1. The van der Waals surface area contributed by atoms with Gasteiger partial charge in [0.1, 0.15) is 5.76 Å². The lowest BCUT2D eigenvalue weighted by molar-refractivity contribution is 0.391. The summed E-state index contributed by atoms with van der Waals surface area (Å²) in [5.41, 5.74) is 4.06. The van der Waals surface area contributed by atoms with Gasteiger partial charge in [-0.25, -0.2) is 9.36 Å². The monoisotopic (exact) mass is 379 g/mol. The summed E-state index contributed by atoms with van der Waals surface area (Å²) < 4.78 is 9.58. The molecule has 144 valence electrons. The summed E-state index contributed by atoms with van der Waals surface area (Å²) in [6.45, 7) is 6.59. The van der Waals surface area contributed by atoms with Crippen LogP contribution in [0.2, 0.25) is 0 Å². The molecule has 8 heteroatoms. The van der Waals surface area contributed by atoms with Gasteiger partial charge in [0.25, 0.3) is 0 Å². The second-order valence-corrected chi connectivity index (χ2v) is 6.92. The molecule has 0 amide bonds. The van der Waals surface area contributed by atoms with Gasteiger partial charge in [0.2, 0.25) is 5.88 Å². The molecule has 3 heterocycles. The largest absolute Gasteiger partial charge is 0.493 e. The smallest absolute Gasteiger partial charge is 0.336 e. The fourth-order valence-electron chi connectivity index (χ4n) is 3.17. The van der Waals surface area contributed by atoms with Crippen molar-refractivity contribution in [2.45, 2.75) is 33.9 Å².